The number of amides is 1. The average Bonchev–Trinajstić information content (AvgIpc) is 2.31. The highest BCUT2D eigenvalue weighted by Gasteiger charge is 2.22. The summed E-state index contributed by atoms with van der Waals surface area (Å²) < 4.78 is 0. The van der Waals surface area contributed by atoms with Gasteiger partial charge in [-0.2, -0.15) is 0 Å². The number of aliphatic carboxylic acids is 1. The Labute approximate surface area is 116 Å². The molecule has 0 aromatic heterocycles. The van der Waals surface area contributed by atoms with Crippen LogP contribution in [0.15, 0.2) is 18.2 Å². The normalized spacial score (nSPS) is 10.5. The van der Waals surface area contributed by atoms with Gasteiger partial charge in [-0.25, -0.2) is 0 Å². The van der Waals surface area contributed by atoms with E-state index in [2.05, 4.69) is 0 Å². The number of aromatic hydroxyl groups is 1. The smallest absolute Gasteiger partial charge is 0.305 e. The number of benzene rings is 1. The maximum Gasteiger partial charge on any atom is 0.305 e. The average molecular weight is 286 g/mol. The molecule has 0 saturated heterocycles. The monoisotopic (exact) mass is 285 g/mol. The zero-order valence-corrected chi connectivity index (χ0v) is 11.5. The van der Waals surface area contributed by atoms with E-state index in [-0.39, 0.29) is 30.3 Å². The molecule has 0 saturated carbocycles. The first-order chi connectivity index (χ1) is 8.82. The van der Waals surface area contributed by atoms with Crippen LogP contribution >= 0.6 is 11.6 Å². The van der Waals surface area contributed by atoms with Gasteiger partial charge in [-0.1, -0.05) is 11.6 Å². The molecule has 104 valence electrons. The summed E-state index contributed by atoms with van der Waals surface area (Å²) in [5.74, 6) is -1.58. The van der Waals surface area contributed by atoms with Gasteiger partial charge in [0.15, 0.2) is 0 Å². The molecule has 1 aromatic rings. The molecule has 0 heterocycles. The molecular weight excluding hydrogens is 270 g/mol. The van der Waals surface area contributed by atoms with E-state index in [1.807, 2.05) is 0 Å². The van der Waals surface area contributed by atoms with Crippen LogP contribution in [0.1, 0.15) is 30.6 Å². The number of phenolic OH excluding ortho intramolecular Hbond substituents is 1. The largest absolute Gasteiger partial charge is 0.507 e. The number of hydrogen-bond donors (Lipinski definition) is 2. The lowest BCUT2D eigenvalue weighted by atomic mass is 10.1. The number of carbonyl (C=O) groups is 2. The third kappa shape index (κ3) is 4.13. The van der Waals surface area contributed by atoms with Crippen molar-refractivity contribution >= 4 is 23.5 Å². The summed E-state index contributed by atoms with van der Waals surface area (Å²) >= 11 is 5.80. The lowest BCUT2D eigenvalue weighted by Gasteiger charge is -2.26. The fourth-order valence-electron chi connectivity index (χ4n) is 1.64. The highest BCUT2D eigenvalue weighted by molar-refractivity contribution is 6.31. The topological polar surface area (TPSA) is 77.8 Å². The molecule has 6 heteroatoms. The van der Waals surface area contributed by atoms with E-state index in [4.69, 9.17) is 16.7 Å². The summed E-state index contributed by atoms with van der Waals surface area (Å²) in [7, 11) is 0. The number of nitrogens with zero attached hydrogens (tertiary/aromatic N) is 1. The third-order valence-electron chi connectivity index (χ3n) is 2.64. The first-order valence-corrected chi connectivity index (χ1v) is 6.22. The van der Waals surface area contributed by atoms with E-state index in [9.17, 15) is 14.7 Å². The molecule has 1 amide bonds. The van der Waals surface area contributed by atoms with Crippen molar-refractivity contribution in [3.63, 3.8) is 0 Å². The Morgan fingerprint density at radius 2 is 2.00 bits per heavy atom. The summed E-state index contributed by atoms with van der Waals surface area (Å²) in [6.45, 7) is 3.64. The molecule has 0 bridgehead atoms. The number of carboxylic acids is 1. The van der Waals surface area contributed by atoms with Gasteiger partial charge in [0, 0.05) is 17.6 Å². The van der Waals surface area contributed by atoms with E-state index in [1.54, 1.807) is 13.8 Å². The highest BCUT2D eigenvalue weighted by Crippen LogP contribution is 2.23. The van der Waals surface area contributed by atoms with Crippen LogP contribution in [0.4, 0.5) is 0 Å². The predicted molar refractivity (Wildman–Crippen MR) is 71.5 cm³/mol. The molecule has 1 aromatic carbocycles. The molecule has 0 radical (unpaired) electrons. The van der Waals surface area contributed by atoms with Crippen molar-refractivity contribution in [2.45, 2.75) is 26.3 Å². The summed E-state index contributed by atoms with van der Waals surface area (Å²) in [6.07, 6.45) is -0.148. The van der Waals surface area contributed by atoms with E-state index < -0.39 is 11.9 Å². The second kappa shape index (κ2) is 6.43. The van der Waals surface area contributed by atoms with Crippen LogP contribution in [-0.4, -0.2) is 39.6 Å². The summed E-state index contributed by atoms with van der Waals surface area (Å²) in [4.78, 5) is 24.3. The highest BCUT2D eigenvalue weighted by atomic mass is 35.5. The Balaban J connectivity index is 2.99. The van der Waals surface area contributed by atoms with Gasteiger partial charge in [-0.15, -0.1) is 0 Å². The molecule has 2 N–H and O–H groups in total. The maximum absolute atomic E-state index is 12.3. The van der Waals surface area contributed by atoms with Crippen LogP contribution in [0.25, 0.3) is 0 Å². The van der Waals surface area contributed by atoms with E-state index in [0.29, 0.717) is 5.02 Å². The summed E-state index contributed by atoms with van der Waals surface area (Å²) in [5.41, 5.74) is 0.0755. The van der Waals surface area contributed by atoms with Gasteiger partial charge >= 0.3 is 5.97 Å². The van der Waals surface area contributed by atoms with Crippen molar-refractivity contribution in [1.82, 2.24) is 4.90 Å². The fourth-order valence-corrected chi connectivity index (χ4v) is 1.82. The van der Waals surface area contributed by atoms with Gasteiger partial charge < -0.3 is 15.1 Å². The Bertz CT molecular complexity index is 488. The van der Waals surface area contributed by atoms with Crippen LogP contribution in [-0.2, 0) is 4.79 Å². The van der Waals surface area contributed by atoms with Crippen LogP contribution < -0.4 is 0 Å². The van der Waals surface area contributed by atoms with Crippen molar-refractivity contribution in [3.8, 4) is 5.75 Å². The molecular formula is C13H16ClNO4. The summed E-state index contributed by atoms with van der Waals surface area (Å²) in [5, 5.41) is 18.7. The van der Waals surface area contributed by atoms with Crippen LogP contribution in [0.5, 0.6) is 5.75 Å². The van der Waals surface area contributed by atoms with Crippen LogP contribution in [0.3, 0.4) is 0 Å². The Morgan fingerprint density at radius 3 is 2.53 bits per heavy atom. The molecule has 19 heavy (non-hydrogen) atoms. The van der Waals surface area contributed by atoms with Gasteiger partial charge in [0.2, 0.25) is 0 Å². The van der Waals surface area contributed by atoms with Crippen molar-refractivity contribution in [2.75, 3.05) is 6.54 Å². The molecule has 0 aliphatic carbocycles. The van der Waals surface area contributed by atoms with E-state index >= 15 is 0 Å². The van der Waals surface area contributed by atoms with Gasteiger partial charge in [0.1, 0.15) is 5.75 Å². The van der Waals surface area contributed by atoms with Crippen molar-refractivity contribution in [1.29, 1.82) is 0 Å². The molecule has 5 nitrogen and oxygen atoms in total. The minimum absolute atomic E-state index is 0.0755. The molecule has 0 unspecified atom stereocenters. The van der Waals surface area contributed by atoms with Gasteiger partial charge in [-0.05, 0) is 32.0 Å². The number of carboxylic acid groups (broad SMARTS) is 1. The minimum Gasteiger partial charge on any atom is -0.507 e. The molecule has 0 aliphatic heterocycles. The quantitative estimate of drug-likeness (QED) is 0.870. The molecule has 0 spiro atoms. The number of hydrogen-bond acceptors (Lipinski definition) is 3. The number of carbonyl (C=O) groups excluding carboxylic acids is 1. The standard InChI is InChI=1S/C13H16ClNO4/c1-8(2)15(6-5-12(17)18)13(19)10-7-9(14)3-4-11(10)16/h3-4,7-8,16H,5-6H2,1-2H3,(H,17,18). The van der Waals surface area contributed by atoms with Crippen LogP contribution in [0.2, 0.25) is 5.02 Å². The van der Waals surface area contributed by atoms with Crippen molar-refractivity contribution in [3.05, 3.63) is 28.8 Å². The predicted octanol–water partition coefficient (Wildman–Crippen LogP) is 2.37. The fraction of sp³-hybridized carbons (Fsp3) is 0.385. The lowest BCUT2D eigenvalue weighted by molar-refractivity contribution is -0.137. The van der Waals surface area contributed by atoms with Gasteiger partial charge in [-0.3, -0.25) is 9.59 Å². The van der Waals surface area contributed by atoms with Gasteiger partial charge in [0.25, 0.3) is 5.91 Å². The third-order valence-corrected chi connectivity index (χ3v) is 2.87. The zero-order chi connectivity index (χ0) is 14.6. The first kappa shape index (κ1) is 15.3. The Morgan fingerprint density at radius 1 is 1.37 bits per heavy atom. The maximum atomic E-state index is 12.3. The van der Waals surface area contributed by atoms with E-state index in [0.717, 1.165) is 0 Å². The van der Waals surface area contributed by atoms with Crippen molar-refractivity contribution in [2.24, 2.45) is 0 Å². The number of halogens is 1. The summed E-state index contributed by atoms with van der Waals surface area (Å²) in [6, 6.07) is 4.01. The van der Waals surface area contributed by atoms with Crippen molar-refractivity contribution < 1.29 is 19.8 Å². The number of phenols is 1. The molecule has 0 atom stereocenters. The Kier molecular flexibility index (Phi) is 5.18. The SMILES string of the molecule is CC(C)N(CCC(=O)O)C(=O)c1cc(Cl)ccc1O. The molecule has 1 rings (SSSR count). The second-order valence-corrected chi connectivity index (χ2v) is 4.83. The van der Waals surface area contributed by atoms with Gasteiger partial charge in [0.05, 0.1) is 12.0 Å². The molecule has 0 fully saturated rings. The van der Waals surface area contributed by atoms with E-state index in [1.165, 1.54) is 23.1 Å². The Hall–Kier alpha value is -1.75. The zero-order valence-electron chi connectivity index (χ0n) is 10.8. The molecule has 0 aliphatic rings. The minimum atomic E-state index is -0.978. The number of rotatable bonds is 5. The second-order valence-electron chi connectivity index (χ2n) is 4.40. The first-order valence-electron chi connectivity index (χ1n) is 5.84. The lowest BCUT2D eigenvalue weighted by Crippen LogP contribution is -2.38. The van der Waals surface area contributed by atoms with Crippen LogP contribution in [0, 0.1) is 0 Å².